The lowest BCUT2D eigenvalue weighted by atomic mass is 10.2. The van der Waals surface area contributed by atoms with E-state index in [0.717, 1.165) is 23.5 Å². The van der Waals surface area contributed by atoms with Crippen molar-refractivity contribution in [2.24, 2.45) is 0 Å². The molecular formula is C17H21FN2O2S. The summed E-state index contributed by atoms with van der Waals surface area (Å²) in [5, 5.41) is 5.62. The lowest BCUT2D eigenvalue weighted by molar-refractivity contribution is -0.121. The van der Waals surface area contributed by atoms with Gasteiger partial charge < -0.3 is 10.1 Å². The van der Waals surface area contributed by atoms with Crippen LogP contribution >= 0.6 is 11.3 Å². The number of carbonyl (C=O) groups is 1. The summed E-state index contributed by atoms with van der Waals surface area (Å²) in [5.41, 5.74) is 0.744. The van der Waals surface area contributed by atoms with Gasteiger partial charge in [0, 0.05) is 11.4 Å². The van der Waals surface area contributed by atoms with Crippen molar-refractivity contribution in [2.75, 3.05) is 0 Å². The molecule has 1 atom stereocenters. The maximum atomic E-state index is 12.8. The molecule has 0 bridgehead atoms. The van der Waals surface area contributed by atoms with Crippen molar-refractivity contribution in [3.05, 3.63) is 46.2 Å². The molecule has 1 amide bonds. The second kappa shape index (κ2) is 8.62. The van der Waals surface area contributed by atoms with Crippen LogP contribution in [-0.2, 0) is 17.8 Å². The Balaban J connectivity index is 1.81. The van der Waals surface area contributed by atoms with Crippen LogP contribution in [0.15, 0.2) is 29.6 Å². The number of ether oxygens (including phenoxy) is 1. The van der Waals surface area contributed by atoms with E-state index in [4.69, 9.17) is 4.74 Å². The molecule has 0 aliphatic heterocycles. The predicted octanol–water partition coefficient (Wildman–Crippen LogP) is 3.71. The van der Waals surface area contributed by atoms with Gasteiger partial charge in [-0.15, -0.1) is 11.3 Å². The SMILES string of the molecule is CCCC(C)NC(=O)Cc1csc(COc2ccc(F)cc2)n1. The first-order chi connectivity index (χ1) is 11.1. The standard InChI is InChI=1S/C17H21FN2O2S/c1-3-4-12(2)19-16(21)9-14-11-23-17(20-14)10-22-15-7-5-13(18)6-8-15/h5-8,11-12H,3-4,9-10H2,1-2H3,(H,19,21). The van der Waals surface area contributed by atoms with Gasteiger partial charge in [0.2, 0.25) is 5.91 Å². The average Bonchev–Trinajstić information content (AvgIpc) is 2.94. The Labute approximate surface area is 139 Å². The van der Waals surface area contributed by atoms with Gasteiger partial charge >= 0.3 is 0 Å². The second-order valence-electron chi connectivity index (χ2n) is 5.41. The lowest BCUT2D eigenvalue weighted by Crippen LogP contribution is -2.33. The molecule has 2 rings (SSSR count). The maximum absolute atomic E-state index is 12.8. The average molecular weight is 336 g/mol. The highest BCUT2D eigenvalue weighted by Gasteiger charge is 2.10. The molecule has 0 aliphatic rings. The molecule has 0 saturated heterocycles. The van der Waals surface area contributed by atoms with Crippen LogP contribution < -0.4 is 10.1 Å². The van der Waals surface area contributed by atoms with Gasteiger partial charge in [-0.25, -0.2) is 9.37 Å². The molecule has 4 nitrogen and oxygen atoms in total. The van der Waals surface area contributed by atoms with Crippen molar-refractivity contribution in [1.82, 2.24) is 10.3 Å². The van der Waals surface area contributed by atoms with Crippen LogP contribution in [0.5, 0.6) is 5.75 Å². The third-order valence-corrected chi connectivity index (χ3v) is 4.12. The van der Waals surface area contributed by atoms with Gasteiger partial charge in [-0.05, 0) is 37.6 Å². The quantitative estimate of drug-likeness (QED) is 0.799. The van der Waals surface area contributed by atoms with E-state index in [1.807, 2.05) is 12.3 Å². The summed E-state index contributed by atoms with van der Waals surface area (Å²) >= 11 is 1.45. The number of thiazole rings is 1. The van der Waals surface area contributed by atoms with Gasteiger partial charge in [-0.3, -0.25) is 4.79 Å². The number of nitrogens with one attached hydrogen (secondary N) is 1. The minimum Gasteiger partial charge on any atom is -0.486 e. The number of rotatable bonds is 8. The first kappa shape index (κ1) is 17.4. The Kier molecular flexibility index (Phi) is 6.52. The van der Waals surface area contributed by atoms with Crippen LogP contribution in [0.2, 0.25) is 0 Å². The fourth-order valence-electron chi connectivity index (χ4n) is 2.17. The monoisotopic (exact) mass is 336 g/mol. The molecule has 0 radical (unpaired) electrons. The van der Waals surface area contributed by atoms with Gasteiger partial charge in [-0.1, -0.05) is 13.3 Å². The number of hydrogen-bond acceptors (Lipinski definition) is 4. The summed E-state index contributed by atoms with van der Waals surface area (Å²) in [5.74, 6) is 0.286. The minimum absolute atomic E-state index is 0.0118. The van der Waals surface area contributed by atoms with Crippen molar-refractivity contribution in [3.8, 4) is 5.75 Å². The van der Waals surface area contributed by atoms with Gasteiger partial charge in [0.25, 0.3) is 0 Å². The summed E-state index contributed by atoms with van der Waals surface area (Å²) in [4.78, 5) is 16.3. The van der Waals surface area contributed by atoms with Crippen molar-refractivity contribution in [2.45, 2.75) is 45.8 Å². The third-order valence-electron chi connectivity index (χ3n) is 3.25. The molecule has 0 spiro atoms. The van der Waals surface area contributed by atoms with Crippen LogP contribution in [-0.4, -0.2) is 16.9 Å². The van der Waals surface area contributed by atoms with Gasteiger partial charge in [-0.2, -0.15) is 0 Å². The number of nitrogens with zero attached hydrogens (tertiary/aromatic N) is 1. The Morgan fingerprint density at radius 2 is 2.13 bits per heavy atom. The Morgan fingerprint density at radius 3 is 2.83 bits per heavy atom. The minimum atomic E-state index is -0.294. The highest BCUT2D eigenvalue weighted by molar-refractivity contribution is 7.09. The Bertz CT molecular complexity index is 628. The summed E-state index contributed by atoms with van der Waals surface area (Å²) in [6, 6.07) is 6.04. The van der Waals surface area contributed by atoms with Crippen LogP contribution in [0.25, 0.3) is 0 Å². The van der Waals surface area contributed by atoms with Crippen molar-refractivity contribution < 1.29 is 13.9 Å². The molecule has 1 N–H and O–H groups in total. The Hall–Kier alpha value is -1.95. The van der Waals surface area contributed by atoms with E-state index >= 15 is 0 Å². The predicted molar refractivity (Wildman–Crippen MR) is 89.1 cm³/mol. The first-order valence-corrected chi connectivity index (χ1v) is 8.55. The largest absolute Gasteiger partial charge is 0.486 e. The molecule has 0 aliphatic carbocycles. The zero-order valence-corrected chi connectivity index (χ0v) is 14.2. The molecule has 0 fully saturated rings. The smallest absolute Gasteiger partial charge is 0.226 e. The summed E-state index contributed by atoms with van der Waals surface area (Å²) < 4.78 is 18.4. The van der Waals surface area contributed by atoms with Crippen LogP contribution in [0.3, 0.4) is 0 Å². The fraction of sp³-hybridized carbons (Fsp3) is 0.412. The lowest BCUT2D eigenvalue weighted by Gasteiger charge is -2.11. The molecule has 1 unspecified atom stereocenters. The molecule has 1 heterocycles. The third kappa shape index (κ3) is 5.98. The molecule has 6 heteroatoms. The van der Waals surface area contributed by atoms with Gasteiger partial charge in [0.1, 0.15) is 23.2 Å². The van der Waals surface area contributed by atoms with Crippen LogP contribution in [0.4, 0.5) is 4.39 Å². The van der Waals surface area contributed by atoms with E-state index in [2.05, 4.69) is 17.2 Å². The van der Waals surface area contributed by atoms with Crippen molar-refractivity contribution in [1.29, 1.82) is 0 Å². The maximum Gasteiger partial charge on any atom is 0.226 e. The summed E-state index contributed by atoms with van der Waals surface area (Å²) in [7, 11) is 0. The highest BCUT2D eigenvalue weighted by atomic mass is 32.1. The number of aromatic nitrogens is 1. The highest BCUT2D eigenvalue weighted by Crippen LogP contribution is 2.16. The van der Waals surface area contributed by atoms with Crippen molar-refractivity contribution in [3.63, 3.8) is 0 Å². The molecule has 0 saturated carbocycles. The summed E-state index contributed by atoms with van der Waals surface area (Å²) in [6.45, 7) is 4.41. The zero-order chi connectivity index (χ0) is 16.7. The first-order valence-electron chi connectivity index (χ1n) is 7.68. The van der Waals surface area contributed by atoms with Gasteiger partial charge in [0.05, 0.1) is 12.1 Å². The number of benzene rings is 1. The second-order valence-corrected chi connectivity index (χ2v) is 6.35. The van der Waals surface area contributed by atoms with E-state index in [1.54, 1.807) is 12.1 Å². The molecular weight excluding hydrogens is 315 g/mol. The number of hydrogen-bond donors (Lipinski definition) is 1. The van der Waals surface area contributed by atoms with E-state index in [1.165, 1.54) is 23.5 Å². The molecule has 124 valence electrons. The number of amides is 1. The summed E-state index contributed by atoms with van der Waals surface area (Å²) in [6.07, 6.45) is 2.30. The molecule has 2 aromatic rings. The van der Waals surface area contributed by atoms with Crippen LogP contribution in [0, 0.1) is 5.82 Å². The Morgan fingerprint density at radius 1 is 1.39 bits per heavy atom. The van der Waals surface area contributed by atoms with Gasteiger partial charge in [0.15, 0.2) is 0 Å². The van der Waals surface area contributed by atoms with E-state index in [9.17, 15) is 9.18 Å². The van der Waals surface area contributed by atoms with E-state index < -0.39 is 0 Å². The normalized spacial score (nSPS) is 12.0. The van der Waals surface area contributed by atoms with E-state index in [0.29, 0.717) is 12.4 Å². The van der Waals surface area contributed by atoms with E-state index in [-0.39, 0.29) is 24.2 Å². The number of halogens is 1. The molecule has 23 heavy (non-hydrogen) atoms. The molecule has 1 aromatic carbocycles. The topological polar surface area (TPSA) is 51.2 Å². The van der Waals surface area contributed by atoms with Crippen LogP contribution in [0.1, 0.15) is 37.4 Å². The zero-order valence-electron chi connectivity index (χ0n) is 13.3. The number of carbonyl (C=O) groups excluding carboxylic acids is 1. The molecule has 1 aromatic heterocycles. The van der Waals surface area contributed by atoms with Crippen molar-refractivity contribution >= 4 is 17.2 Å². The fourth-order valence-corrected chi connectivity index (χ4v) is 2.87.